The van der Waals surface area contributed by atoms with Gasteiger partial charge in [0.15, 0.2) is 5.82 Å². The summed E-state index contributed by atoms with van der Waals surface area (Å²) in [7, 11) is 0. The van der Waals surface area contributed by atoms with E-state index in [1.165, 1.54) is 25.7 Å². The van der Waals surface area contributed by atoms with Gasteiger partial charge in [-0.3, -0.25) is 0 Å². The monoisotopic (exact) mass is 207 g/mol. The summed E-state index contributed by atoms with van der Waals surface area (Å²) < 4.78 is 1.96. The quantitative estimate of drug-likeness (QED) is 0.773. The van der Waals surface area contributed by atoms with Crippen LogP contribution in [-0.2, 0) is 13.1 Å². The summed E-state index contributed by atoms with van der Waals surface area (Å²) >= 11 is 0. The van der Waals surface area contributed by atoms with Crippen molar-refractivity contribution in [1.29, 1.82) is 0 Å². The Kier molecular flexibility index (Phi) is 2.02. The van der Waals surface area contributed by atoms with E-state index < -0.39 is 0 Å². The van der Waals surface area contributed by atoms with Crippen LogP contribution in [0.5, 0.6) is 0 Å². The van der Waals surface area contributed by atoms with E-state index in [2.05, 4.69) is 27.8 Å². The molecule has 0 unspecified atom stereocenters. The van der Waals surface area contributed by atoms with Crippen molar-refractivity contribution in [3.8, 4) is 0 Å². The standard InChI is InChI=1S/C10H17N5/c1-10(4-5-10)7-15-9(12-13-14-15)6-11-8-2-3-8/h8,11H,2-7H2,1H3. The van der Waals surface area contributed by atoms with E-state index >= 15 is 0 Å². The molecule has 0 saturated heterocycles. The fraction of sp³-hybridized carbons (Fsp3) is 0.900. The van der Waals surface area contributed by atoms with Gasteiger partial charge >= 0.3 is 0 Å². The van der Waals surface area contributed by atoms with Crippen molar-refractivity contribution in [2.45, 2.75) is 51.7 Å². The van der Waals surface area contributed by atoms with Crippen LogP contribution in [0.1, 0.15) is 38.4 Å². The lowest BCUT2D eigenvalue weighted by Gasteiger charge is -2.09. The van der Waals surface area contributed by atoms with Crippen molar-refractivity contribution in [3.05, 3.63) is 5.82 Å². The van der Waals surface area contributed by atoms with Crippen LogP contribution in [-0.4, -0.2) is 26.2 Å². The third-order valence-corrected chi connectivity index (χ3v) is 3.37. The molecule has 1 aromatic rings. The number of hydrogen-bond donors (Lipinski definition) is 1. The van der Waals surface area contributed by atoms with Gasteiger partial charge < -0.3 is 5.32 Å². The average molecular weight is 207 g/mol. The minimum absolute atomic E-state index is 0.462. The Balaban J connectivity index is 1.62. The van der Waals surface area contributed by atoms with Crippen LogP contribution >= 0.6 is 0 Å². The highest BCUT2D eigenvalue weighted by Gasteiger charge is 2.38. The van der Waals surface area contributed by atoms with Gasteiger partial charge in [0, 0.05) is 6.04 Å². The van der Waals surface area contributed by atoms with Crippen molar-refractivity contribution in [2.24, 2.45) is 5.41 Å². The molecule has 15 heavy (non-hydrogen) atoms. The topological polar surface area (TPSA) is 55.6 Å². The number of aromatic nitrogens is 4. The molecule has 0 amide bonds. The van der Waals surface area contributed by atoms with Gasteiger partial charge in [0.1, 0.15) is 0 Å². The van der Waals surface area contributed by atoms with Gasteiger partial charge in [0.25, 0.3) is 0 Å². The normalized spacial score (nSPS) is 23.0. The highest BCUT2D eigenvalue weighted by molar-refractivity contribution is 4.92. The van der Waals surface area contributed by atoms with Crippen LogP contribution in [0.4, 0.5) is 0 Å². The third kappa shape index (κ3) is 2.17. The largest absolute Gasteiger partial charge is 0.307 e. The Hall–Kier alpha value is -0.970. The van der Waals surface area contributed by atoms with Gasteiger partial charge in [0.2, 0.25) is 0 Å². The zero-order valence-electron chi connectivity index (χ0n) is 9.11. The number of nitrogens with zero attached hydrogens (tertiary/aromatic N) is 4. The molecule has 5 heteroatoms. The van der Waals surface area contributed by atoms with Crippen LogP contribution in [0.3, 0.4) is 0 Å². The predicted molar refractivity (Wildman–Crippen MR) is 55.0 cm³/mol. The fourth-order valence-electron chi connectivity index (χ4n) is 1.73. The van der Waals surface area contributed by atoms with Gasteiger partial charge in [-0.2, -0.15) is 0 Å². The lowest BCUT2D eigenvalue weighted by molar-refractivity contribution is 0.409. The molecule has 5 nitrogen and oxygen atoms in total. The Morgan fingerprint density at radius 1 is 1.47 bits per heavy atom. The number of tetrazole rings is 1. The Bertz CT molecular complexity index is 350. The minimum atomic E-state index is 0.462. The van der Waals surface area contributed by atoms with E-state index in [0.29, 0.717) is 11.5 Å². The number of nitrogens with one attached hydrogen (secondary N) is 1. The summed E-state index contributed by atoms with van der Waals surface area (Å²) in [6, 6.07) is 0.715. The summed E-state index contributed by atoms with van der Waals surface area (Å²) in [6.45, 7) is 4.09. The van der Waals surface area contributed by atoms with Gasteiger partial charge in [-0.1, -0.05) is 6.92 Å². The van der Waals surface area contributed by atoms with Crippen molar-refractivity contribution in [1.82, 2.24) is 25.5 Å². The van der Waals surface area contributed by atoms with E-state index in [9.17, 15) is 0 Å². The third-order valence-electron chi connectivity index (χ3n) is 3.37. The highest BCUT2D eigenvalue weighted by Crippen LogP contribution is 2.46. The first kappa shape index (κ1) is 9.27. The molecule has 2 aliphatic rings. The predicted octanol–water partition coefficient (Wildman–Crippen LogP) is 0.725. The molecule has 2 aliphatic carbocycles. The van der Waals surface area contributed by atoms with Gasteiger partial charge in [0.05, 0.1) is 13.1 Å². The first-order valence-corrected chi connectivity index (χ1v) is 5.74. The Morgan fingerprint density at radius 3 is 2.93 bits per heavy atom. The van der Waals surface area contributed by atoms with Crippen molar-refractivity contribution in [3.63, 3.8) is 0 Å². The molecule has 3 rings (SSSR count). The molecule has 2 saturated carbocycles. The molecule has 1 N–H and O–H groups in total. The summed E-state index contributed by atoms with van der Waals surface area (Å²) in [6.07, 6.45) is 5.23. The van der Waals surface area contributed by atoms with Crippen LogP contribution in [0.2, 0.25) is 0 Å². The molecule has 1 aromatic heterocycles. The maximum absolute atomic E-state index is 4.07. The van der Waals surface area contributed by atoms with Crippen LogP contribution in [0.15, 0.2) is 0 Å². The molecule has 1 heterocycles. The summed E-state index contributed by atoms with van der Waals surface area (Å²) in [4.78, 5) is 0. The Morgan fingerprint density at radius 2 is 2.27 bits per heavy atom. The first-order valence-electron chi connectivity index (χ1n) is 5.74. The molecular formula is C10H17N5. The number of rotatable bonds is 5. The fourth-order valence-corrected chi connectivity index (χ4v) is 1.73. The Labute approximate surface area is 89.2 Å². The van der Waals surface area contributed by atoms with Crippen molar-refractivity contribution in [2.75, 3.05) is 0 Å². The molecular weight excluding hydrogens is 190 g/mol. The summed E-state index contributed by atoms with van der Waals surface area (Å²) in [5, 5.41) is 15.3. The second kappa shape index (κ2) is 3.27. The second-order valence-electron chi connectivity index (χ2n) is 5.22. The van der Waals surface area contributed by atoms with Crippen molar-refractivity contribution < 1.29 is 0 Å². The summed E-state index contributed by atoms with van der Waals surface area (Å²) in [5.41, 5.74) is 0.462. The van der Waals surface area contributed by atoms with Crippen LogP contribution in [0, 0.1) is 5.41 Å². The zero-order valence-corrected chi connectivity index (χ0v) is 9.11. The summed E-state index contributed by atoms with van der Waals surface area (Å²) in [5.74, 6) is 0.982. The molecule has 0 spiro atoms. The SMILES string of the molecule is CC1(Cn2nnnc2CNC2CC2)CC1. The molecule has 2 fully saturated rings. The lowest BCUT2D eigenvalue weighted by atomic mass is 10.1. The van der Waals surface area contributed by atoms with Crippen molar-refractivity contribution >= 4 is 0 Å². The maximum Gasteiger partial charge on any atom is 0.165 e. The minimum Gasteiger partial charge on any atom is -0.307 e. The van der Waals surface area contributed by atoms with E-state index in [1.807, 2.05) is 4.68 Å². The second-order valence-corrected chi connectivity index (χ2v) is 5.22. The number of hydrogen-bond acceptors (Lipinski definition) is 4. The van der Waals surface area contributed by atoms with Gasteiger partial charge in [-0.15, -0.1) is 5.10 Å². The molecule has 82 valence electrons. The van der Waals surface area contributed by atoms with Gasteiger partial charge in [-0.05, 0) is 41.5 Å². The van der Waals surface area contributed by atoms with E-state index in [-0.39, 0.29) is 0 Å². The van der Waals surface area contributed by atoms with E-state index in [4.69, 9.17) is 0 Å². The molecule has 0 aliphatic heterocycles. The molecule has 0 atom stereocenters. The van der Waals surface area contributed by atoms with E-state index in [0.717, 1.165) is 18.9 Å². The first-order chi connectivity index (χ1) is 7.25. The zero-order chi connectivity index (χ0) is 10.3. The molecule has 0 radical (unpaired) electrons. The van der Waals surface area contributed by atoms with Crippen LogP contribution < -0.4 is 5.32 Å². The smallest absolute Gasteiger partial charge is 0.165 e. The average Bonchev–Trinajstić information content (AvgIpc) is 3.10. The van der Waals surface area contributed by atoms with E-state index in [1.54, 1.807) is 0 Å². The van der Waals surface area contributed by atoms with Gasteiger partial charge in [-0.25, -0.2) is 4.68 Å². The molecule has 0 aromatic carbocycles. The lowest BCUT2D eigenvalue weighted by Crippen LogP contribution is -2.21. The maximum atomic E-state index is 4.07. The molecule has 0 bridgehead atoms. The van der Waals surface area contributed by atoms with Crippen LogP contribution in [0.25, 0.3) is 0 Å². The highest BCUT2D eigenvalue weighted by atomic mass is 15.5.